The van der Waals surface area contributed by atoms with Crippen molar-refractivity contribution in [2.24, 2.45) is 5.73 Å². The summed E-state index contributed by atoms with van der Waals surface area (Å²) in [5, 5.41) is 4.07. The van der Waals surface area contributed by atoms with Crippen LogP contribution in [0.25, 0.3) is 0 Å². The van der Waals surface area contributed by atoms with Crippen molar-refractivity contribution in [3.63, 3.8) is 0 Å². The molecule has 0 spiro atoms. The number of aromatic nitrogens is 2. The Hall–Kier alpha value is -2.15. The largest absolute Gasteiger partial charge is 0.459 e. The van der Waals surface area contributed by atoms with Gasteiger partial charge in [-0.2, -0.15) is 4.98 Å². The maximum absolute atomic E-state index is 12.6. The van der Waals surface area contributed by atoms with E-state index in [1.165, 1.54) is 6.26 Å². The first-order valence-corrected chi connectivity index (χ1v) is 8.15. The lowest BCUT2D eigenvalue weighted by Crippen LogP contribution is -2.44. The van der Waals surface area contributed by atoms with Gasteiger partial charge in [0, 0.05) is 6.54 Å². The number of amides is 1. The van der Waals surface area contributed by atoms with Crippen LogP contribution in [0.1, 0.15) is 66.8 Å². The number of nitrogens with two attached hydrogens (primary N) is 1. The van der Waals surface area contributed by atoms with Crippen LogP contribution in [0.5, 0.6) is 0 Å². The molecule has 23 heavy (non-hydrogen) atoms. The zero-order chi connectivity index (χ0) is 15.9. The highest BCUT2D eigenvalue weighted by molar-refractivity contribution is 5.91. The molecule has 2 aromatic heterocycles. The Labute approximate surface area is 133 Å². The molecule has 3 heterocycles. The third-order valence-electron chi connectivity index (χ3n) is 4.91. The van der Waals surface area contributed by atoms with E-state index in [9.17, 15) is 4.79 Å². The number of rotatable bonds is 3. The Morgan fingerprint density at radius 3 is 2.91 bits per heavy atom. The van der Waals surface area contributed by atoms with Crippen molar-refractivity contribution in [3.8, 4) is 0 Å². The fraction of sp³-hybridized carbons (Fsp3) is 0.562. The second-order valence-corrected chi connectivity index (χ2v) is 6.45. The standard InChI is InChI=1S/C16H20N4O3/c17-16(7-4-8-16)15-18-13(23-19-15)11-5-1-2-9-20(11)14(21)12-6-3-10-22-12/h3,6,10-11H,1-2,4-5,7-9,17H2. The van der Waals surface area contributed by atoms with Gasteiger partial charge in [-0.05, 0) is 50.7 Å². The minimum Gasteiger partial charge on any atom is -0.459 e. The van der Waals surface area contributed by atoms with Crippen molar-refractivity contribution >= 4 is 5.91 Å². The van der Waals surface area contributed by atoms with Gasteiger partial charge in [0.05, 0.1) is 11.8 Å². The van der Waals surface area contributed by atoms with E-state index in [-0.39, 0.29) is 11.9 Å². The Morgan fingerprint density at radius 2 is 2.22 bits per heavy atom. The fourth-order valence-electron chi connectivity index (χ4n) is 3.33. The van der Waals surface area contributed by atoms with Crippen LogP contribution >= 0.6 is 0 Å². The van der Waals surface area contributed by atoms with Crippen molar-refractivity contribution in [2.75, 3.05) is 6.54 Å². The summed E-state index contributed by atoms with van der Waals surface area (Å²) in [4.78, 5) is 18.9. The lowest BCUT2D eigenvalue weighted by molar-refractivity contribution is 0.0529. The Bertz CT molecular complexity index is 690. The van der Waals surface area contributed by atoms with E-state index in [2.05, 4.69) is 10.1 Å². The van der Waals surface area contributed by atoms with Crippen molar-refractivity contribution in [1.82, 2.24) is 15.0 Å². The van der Waals surface area contributed by atoms with Crippen LogP contribution in [-0.4, -0.2) is 27.5 Å². The third kappa shape index (κ3) is 2.45. The molecule has 1 atom stereocenters. The predicted molar refractivity (Wildman–Crippen MR) is 80.4 cm³/mol. The lowest BCUT2D eigenvalue weighted by atomic mass is 9.77. The lowest BCUT2D eigenvalue weighted by Gasteiger charge is -2.35. The molecule has 0 radical (unpaired) electrons. The summed E-state index contributed by atoms with van der Waals surface area (Å²) in [5.41, 5.74) is 5.81. The molecule has 1 aliphatic carbocycles. The van der Waals surface area contributed by atoms with E-state index in [0.717, 1.165) is 38.5 Å². The van der Waals surface area contributed by atoms with Crippen molar-refractivity contribution in [1.29, 1.82) is 0 Å². The van der Waals surface area contributed by atoms with Crippen LogP contribution < -0.4 is 5.73 Å². The molecule has 1 saturated heterocycles. The summed E-state index contributed by atoms with van der Waals surface area (Å²) < 4.78 is 10.7. The average Bonchev–Trinajstić information content (AvgIpc) is 3.23. The normalized spacial score (nSPS) is 23.5. The third-order valence-corrected chi connectivity index (χ3v) is 4.91. The molecule has 2 fully saturated rings. The molecule has 2 N–H and O–H groups in total. The zero-order valence-corrected chi connectivity index (χ0v) is 12.9. The molecular weight excluding hydrogens is 296 g/mol. The molecule has 1 unspecified atom stereocenters. The number of hydrogen-bond acceptors (Lipinski definition) is 6. The van der Waals surface area contributed by atoms with Crippen molar-refractivity contribution < 1.29 is 13.7 Å². The van der Waals surface area contributed by atoms with Gasteiger partial charge in [-0.15, -0.1) is 0 Å². The molecule has 7 nitrogen and oxygen atoms in total. The molecule has 0 bridgehead atoms. The van der Waals surface area contributed by atoms with E-state index >= 15 is 0 Å². The first-order valence-electron chi connectivity index (χ1n) is 8.15. The first-order chi connectivity index (χ1) is 11.2. The van der Waals surface area contributed by atoms with Gasteiger partial charge in [0.1, 0.15) is 6.04 Å². The number of piperidine rings is 1. The zero-order valence-electron chi connectivity index (χ0n) is 12.9. The highest BCUT2D eigenvalue weighted by atomic mass is 16.5. The van der Waals surface area contributed by atoms with Gasteiger partial charge < -0.3 is 19.6 Å². The maximum atomic E-state index is 12.6. The van der Waals surface area contributed by atoms with Crippen molar-refractivity contribution in [2.45, 2.75) is 50.1 Å². The second kappa shape index (κ2) is 5.49. The Kier molecular flexibility index (Phi) is 3.45. The van der Waals surface area contributed by atoms with Crippen LogP contribution in [0.2, 0.25) is 0 Å². The van der Waals surface area contributed by atoms with E-state index in [0.29, 0.717) is 24.0 Å². The summed E-state index contributed by atoms with van der Waals surface area (Å²) >= 11 is 0. The van der Waals surface area contributed by atoms with Gasteiger partial charge in [0.25, 0.3) is 5.91 Å². The second-order valence-electron chi connectivity index (χ2n) is 6.45. The highest BCUT2D eigenvalue weighted by Gasteiger charge is 2.41. The molecule has 7 heteroatoms. The molecular formula is C16H20N4O3. The minimum absolute atomic E-state index is 0.134. The van der Waals surface area contributed by atoms with E-state index < -0.39 is 5.54 Å². The van der Waals surface area contributed by atoms with Gasteiger partial charge >= 0.3 is 0 Å². The molecule has 2 aromatic rings. The molecule has 1 aliphatic heterocycles. The summed E-state index contributed by atoms with van der Waals surface area (Å²) in [6.45, 7) is 0.662. The number of likely N-dealkylation sites (tertiary alicyclic amines) is 1. The predicted octanol–water partition coefficient (Wildman–Crippen LogP) is 2.37. The van der Waals surface area contributed by atoms with Crippen LogP contribution in [0.3, 0.4) is 0 Å². The van der Waals surface area contributed by atoms with Crippen LogP contribution in [0.4, 0.5) is 0 Å². The van der Waals surface area contributed by atoms with Crippen LogP contribution in [-0.2, 0) is 5.54 Å². The number of hydrogen-bond donors (Lipinski definition) is 1. The summed E-state index contributed by atoms with van der Waals surface area (Å²) in [5.74, 6) is 1.25. The van der Waals surface area contributed by atoms with Crippen LogP contribution in [0.15, 0.2) is 27.3 Å². The number of carbonyl (C=O) groups is 1. The van der Waals surface area contributed by atoms with Gasteiger partial charge in [-0.1, -0.05) is 5.16 Å². The quantitative estimate of drug-likeness (QED) is 0.933. The SMILES string of the molecule is NC1(c2noc(C3CCCCN3C(=O)c3ccco3)n2)CCC1. The smallest absolute Gasteiger partial charge is 0.290 e. The number of furan rings is 1. The first kappa shape index (κ1) is 14.4. The Morgan fingerprint density at radius 1 is 1.35 bits per heavy atom. The fourth-order valence-corrected chi connectivity index (χ4v) is 3.33. The summed E-state index contributed by atoms with van der Waals surface area (Å²) in [7, 11) is 0. The Balaban J connectivity index is 1.59. The molecule has 1 saturated carbocycles. The molecule has 1 amide bonds. The van der Waals surface area contributed by atoms with Gasteiger partial charge in [0.2, 0.25) is 5.89 Å². The van der Waals surface area contributed by atoms with E-state index in [1.54, 1.807) is 17.0 Å². The molecule has 4 rings (SSSR count). The van der Waals surface area contributed by atoms with E-state index in [4.69, 9.17) is 14.7 Å². The van der Waals surface area contributed by atoms with Gasteiger partial charge in [0.15, 0.2) is 11.6 Å². The minimum atomic E-state index is -0.452. The molecule has 0 aromatic carbocycles. The van der Waals surface area contributed by atoms with Gasteiger partial charge in [-0.3, -0.25) is 4.79 Å². The number of nitrogens with zero attached hydrogens (tertiary/aromatic N) is 3. The maximum Gasteiger partial charge on any atom is 0.290 e. The highest BCUT2D eigenvalue weighted by Crippen LogP contribution is 2.38. The molecule has 122 valence electrons. The molecule has 2 aliphatic rings. The monoisotopic (exact) mass is 316 g/mol. The summed E-state index contributed by atoms with van der Waals surface area (Å²) in [6, 6.07) is 3.19. The van der Waals surface area contributed by atoms with E-state index in [1.807, 2.05) is 0 Å². The van der Waals surface area contributed by atoms with Gasteiger partial charge in [-0.25, -0.2) is 0 Å². The summed E-state index contributed by atoms with van der Waals surface area (Å²) in [6.07, 6.45) is 7.16. The topological polar surface area (TPSA) is 98.4 Å². The average molecular weight is 316 g/mol. The van der Waals surface area contributed by atoms with Crippen molar-refractivity contribution in [3.05, 3.63) is 35.9 Å². The van der Waals surface area contributed by atoms with Crippen LogP contribution in [0, 0.1) is 0 Å². The number of carbonyl (C=O) groups excluding carboxylic acids is 1.